The quantitative estimate of drug-likeness (QED) is 0.469. The van der Waals surface area contributed by atoms with E-state index in [0.717, 1.165) is 0 Å². The predicted molar refractivity (Wildman–Crippen MR) is 32.8 cm³/mol. The van der Waals surface area contributed by atoms with E-state index in [0.29, 0.717) is 6.42 Å². The van der Waals surface area contributed by atoms with Crippen LogP contribution < -0.4 is 5.32 Å². The van der Waals surface area contributed by atoms with Crippen LogP contribution in [0.5, 0.6) is 0 Å². The van der Waals surface area contributed by atoms with Crippen LogP contribution in [0.25, 0.3) is 0 Å². The van der Waals surface area contributed by atoms with Gasteiger partial charge in [-0.05, 0) is 13.8 Å². The highest BCUT2D eigenvalue weighted by Crippen LogP contribution is 2.18. The molecule has 1 aliphatic rings. The molecule has 1 saturated heterocycles. The Morgan fingerprint density at radius 3 is 2.56 bits per heavy atom. The fraction of sp³-hybridized carbons (Fsp3) is 0.833. The molecule has 0 bridgehead atoms. The summed E-state index contributed by atoms with van der Waals surface area (Å²) >= 11 is 0. The number of amides is 1. The second kappa shape index (κ2) is 1.70. The lowest BCUT2D eigenvalue weighted by Gasteiger charge is -2.09. The summed E-state index contributed by atoms with van der Waals surface area (Å²) in [6.07, 6.45) is 0.520. The molecule has 2 N–H and O–H groups in total. The summed E-state index contributed by atoms with van der Waals surface area (Å²) in [5.41, 5.74) is -1.13. The van der Waals surface area contributed by atoms with Crippen LogP contribution in [0.15, 0.2) is 0 Å². The molecular weight excluding hydrogens is 118 g/mol. The van der Waals surface area contributed by atoms with Gasteiger partial charge in [0.2, 0.25) is 0 Å². The fourth-order valence-electron chi connectivity index (χ4n) is 1.12. The van der Waals surface area contributed by atoms with E-state index in [1.165, 1.54) is 6.92 Å². The molecule has 2 atom stereocenters. The van der Waals surface area contributed by atoms with Crippen molar-refractivity contribution < 1.29 is 9.90 Å². The zero-order valence-electron chi connectivity index (χ0n) is 5.64. The highest BCUT2D eigenvalue weighted by atomic mass is 16.3. The van der Waals surface area contributed by atoms with Crippen molar-refractivity contribution in [2.45, 2.75) is 31.9 Å². The molecular formula is C6H11NO2. The SMILES string of the molecule is CC1CC(C)(O)C(=O)N1. The summed E-state index contributed by atoms with van der Waals surface area (Å²) in [4.78, 5) is 10.7. The summed E-state index contributed by atoms with van der Waals surface area (Å²) in [6.45, 7) is 3.41. The molecule has 1 amide bonds. The molecule has 0 aromatic carbocycles. The number of aliphatic hydroxyl groups is 1. The lowest BCUT2D eigenvalue weighted by molar-refractivity contribution is -0.133. The van der Waals surface area contributed by atoms with Crippen molar-refractivity contribution in [3.05, 3.63) is 0 Å². The third kappa shape index (κ3) is 1.05. The number of hydrogen-bond donors (Lipinski definition) is 2. The smallest absolute Gasteiger partial charge is 0.251 e. The fourth-order valence-corrected chi connectivity index (χ4v) is 1.12. The van der Waals surface area contributed by atoms with Gasteiger partial charge < -0.3 is 10.4 Å². The Balaban J connectivity index is 2.70. The number of carbonyl (C=O) groups excluding carboxylic acids is 1. The molecule has 0 aromatic rings. The van der Waals surface area contributed by atoms with Crippen LogP contribution in [0.1, 0.15) is 20.3 Å². The summed E-state index contributed by atoms with van der Waals surface area (Å²) in [5.74, 6) is -0.255. The van der Waals surface area contributed by atoms with Crippen LogP contribution in [0.4, 0.5) is 0 Å². The Labute approximate surface area is 54.1 Å². The maximum absolute atomic E-state index is 10.7. The van der Waals surface area contributed by atoms with Gasteiger partial charge in [0.15, 0.2) is 0 Å². The molecule has 1 aliphatic heterocycles. The average molecular weight is 129 g/mol. The van der Waals surface area contributed by atoms with Gasteiger partial charge >= 0.3 is 0 Å². The third-order valence-electron chi connectivity index (χ3n) is 1.57. The molecule has 0 saturated carbocycles. The minimum atomic E-state index is -1.13. The van der Waals surface area contributed by atoms with Gasteiger partial charge in [-0.2, -0.15) is 0 Å². The third-order valence-corrected chi connectivity index (χ3v) is 1.57. The van der Waals surface area contributed by atoms with E-state index in [4.69, 9.17) is 0 Å². The van der Waals surface area contributed by atoms with Crippen LogP contribution in [0.3, 0.4) is 0 Å². The average Bonchev–Trinajstić information content (AvgIpc) is 1.79. The lowest BCUT2D eigenvalue weighted by atomic mass is 10.0. The molecule has 0 aliphatic carbocycles. The molecule has 9 heavy (non-hydrogen) atoms. The maximum atomic E-state index is 10.7. The largest absolute Gasteiger partial charge is 0.380 e. The van der Waals surface area contributed by atoms with Gasteiger partial charge in [0.05, 0.1) is 0 Å². The summed E-state index contributed by atoms with van der Waals surface area (Å²) in [7, 11) is 0. The summed E-state index contributed by atoms with van der Waals surface area (Å²) in [5, 5.41) is 11.8. The van der Waals surface area contributed by atoms with Gasteiger partial charge in [0.1, 0.15) is 5.60 Å². The normalized spacial score (nSPS) is 43.0. The van der Waals surface area contributed by atoms with Crippen LogP contribution in [0.2, 0.25) is 0 Å². The zero-order chi connectivity index (χ0) is 7.07. The van der Waals surface area contributed by atoms with Crippen molar-refractivity contribution in [1.29, 1.82) is 0 Å². The number of carbonyl (C=O) groups is 1. The molecule has 0 radical (unpaired) electrons. The first-order valence-electron chi connectivity index (χ1n) is 3.06. The van der Waals surface area contributed by atoms with E-state index < -0.39 is 5.60 Å². The molecule has 3 nitrogen and oxygen atoms in total. The Morgan fingerprint density at radius 2 is 2.44 bits per heavy atom. The molecule has 1 heterocycles. The van der Waals surface area contributed by atoms with Crippen molar-refractivity contribution >= 4 is 5.91 Å². The minimum Gasteiger partial charge on any atom is -0.380 e. The molecule has 0 aromatic heterocycles. The Morgan fingerprint density at radius 1 is 1.89 bits per heavy atom. The molecule has 52 valence electrons. The van der Waals surface area contributed by atoms with Crippen LogP contribution in [0, 0.1) is 0 Å². The van der Waals surface area contributed by atoms with E-state index in [1.807, 2.05) is 6.92 Å². The zero-order valence-corrected chi connectivity index (χ0v) is 5.64. The first-order chi connectivity index (χ1) is 4.02. The van der Waals surface area contributed by atoms with Gasteiger partial charge in [-0.25, -0.2) is 0 Å². The lowest BCUT2D eigenvalue weighted by Crippen LogP contribution is -2.34. The second-order valence-electron chi connectivity index (χ2n) is 2.85. The van der Waals surface area contributed by atoms with E-state index in [-0.39, 0.29) is 11.9 Å². The first-order valence-corrected chi connectivity index (χ1v) is 3.06. The maximum Gasteiger partial charge on any atom is 0.251 e. The van der Waals surface area contributed by atoms with E-state index in [9.17, 15) is 9.90 Å². The van der Waals surface area contributed by atoms with Gasteiger partial charge in [0, 0.05) is 12.5 Å². The van der Waals surface area contributed by atoms with Gasteiger partial charge in [0.25, 0.3) is 5.91 Å². The summed E-state index contributed by atoms with van der Waals surface area (Å²) < 4.78 is 0. The predicted octanol–water partition coefficient (Wildman–Crippen LogP) is -0.354. The Bertz CT molecular complexity index is 142. The van der Waals surface area contributed by atoms with E-state index in [2.05, 4.69) is 5.32 Å². The van der Waals surface area contributed by atoms with Crippen molar-refractivity contribution in [2.24, 2.45) is 0 Å². The van der Waals surface area contributed by atoms with Gasteiger partial charge in [-0.3, -0.25) is 4.79 Å². The molecule has 0 spiro atoms. The van der Waals surface area contributed by atoms with Crippen molar-refractivity contribution in [3.63, 3.8) is 0 Å². The van der Waals surface area contributed by atoms with Gasteiger partial charge in [-0.15, -0.1) is 0 Å². The standard InChI is InChI=1S/C6H11NO2/c1-4-3-6(2,9)5(8)7-4/h4,9H,3H2,1-2H3,(H,7,8). The number of nitrogens with one attached hydrogen (secondary N) is 1. The Hall–Kier alpha value is -0.570. The van der Waals surface area contributed by atoms with Crippen molar-refractivity contribution in [3.8, 4) is 0 Å². The highest BCUT2D eigenvalue weighted by Gasteiger charge is 2.38. The van der Waals surface area contributed by atoms with E-state index >= 15 is 0 Å². The second-order valence-corrected chi connectivity index (χ2v) is 2.85. The molecule has 1 rings (SSSR count). The molecule has 3 heteroatoms. The summed E-state index contributed by atoms with van der Waals surface area (Å²) in [6, 6.07) is 0.118. The minimum absolute atomic E-state index is 0.118. The number of hydrogen-bond acceptors (Lipinski definition) is 2. The van der Waals surface area contributed by atoms with Crippen molar-refractivity contribution in [1.82, 2.24) is 5.32 Å². The molecule has 2 unspecified atom stereocenters. The molecule has 1 fully saturated rings. The Kier molecular flexibility index (Phi) is 1.24. The van der Waals surface area contributed by atoms with Gasteiger partial charge in [-0.1, -0.05) is 0 Å². The number of rotatable bonds is 0. The van der Waals surface area contributed by atoms with Crippen LogP contribution in [-0.2, 0) is 4.79 Å². The first kappa shape index (κ1) is 6.55. The van der Waals surface area contributed by atoms with E-state index in [1.54, 1.807) is 0 Å². The van der Waals surface area contributed by atoms with Crippen LogP contribution in [-0.4, -0.2) is 22.7 Å². The monoisotopic (exact) mass is 129 g/mol. The highest BCUT2D eigenvalue weighted by molar-refractivity contribution is 5.86. The van der Waals surface area contributed by atoms with Crippen LogP contribution >= 0.6 is 0 Å². The van der Waals surface area contributed by atoms with Crippen molar-refractivity contribution in [2.75, 3.05) is 0 Å². The topological polar surface area (TPSA) is 49.3 Å².